The van der Waals surface area contributed by atoms with Gasteiger partial charge in [0.2, 0.25) is 0 Å². The van der Waals surface area contributed by atoms with Crippen molar-refractivity contribution in [2.75, 3.05) is 17.7 Å². The Bertz CT molecular complexity index is 381. The zero-order valence-corrected chi connectivity index (χ0v) is 11.1. The van der Waals surface area contributed by atoms with E-state index in [4.69, 9.17) is 5.73 Å². The Morgan fingerprint density at radius 1 is 1.29 bits per heavy atom. The fraction of sp³-hybridized carbons (Fsp3) is 0.643. The van der Waals surface area contributed by atoms with Gasteiger partial charge in [-0.25, -0.2) is 4.98 Å². The summed E-state index contributed by atoms with van der Waals surface area (Å²) in [6.07, 6.45) is 6.99. The number of rotatable bonds is 2. The predicted octanol–water partition coefficient (Wildman–Crippen LogP) is 2.99. The van der Waals surface area contributed by atoms with Crippen LogP contribution in [0.3, 0.4) is 0 Å². The Morgan fingerprint density at radius 2 is 1.94 bits per heavy atom. The molecule has 3 heteroatoms. The monoisotopic (exact) mass is 233 g/mol. The minimum absolute atomic E-state index is 0.640. The molecule has 1 aromatic heterocycles. The topological polar surface area (TPSA) is 42.1 Å². The number of aryl methyl sites for hydroxylation is 1. The third-order valence-electron chi connectivity index (χ3n) is 3.94. The normalized spacial score (nSPS) is 24.6. The third-order valence-corrected chi connectivity index (χ3v) is 3.94. The molecule has 2 N–H and O–H groups in total. The predicted molar refractivity (Wildman–Crippen MR) is 73.2 cm³/mol. The molecule has 0 amide bonds. The molecule has 0 radical (unpaired) electrons. The Labute approximate surface area is 104 Å². The quantitative estimate of drug-likeness (QED) is 0.854. The fourth-order valence-corrected chi connectivity index (χ4v) is 2.76. The van der Waals surface area contributed by atoms with E-state index in [-0.39, 0.29) is 0 Å². The first-order valence-corrected chi connectivity index (χ1v) is 6.53. The van der Waals surface area contributed by atoms with Crippen molar-refractivity contribution in [3.63, 3.8) is 0 Å². The highest BCUT2D eigenvalue weighted by molar-refractivity contribution is 5.52. The van der Waals surface area contributed by atoms with E-state index in [9.17, 15) is 0 Å². The summed E-state index contributed by atoms with van der Waals surface area (Å²) < 4.78 is 0. The molecule has 3 nitrogen and oxygen atoms in total. The van der Waals surface area contributed by atoms with Crippen molar-refractivity contribution >= 4 is 11.5 Å². The number of nitrogens with two attached hydrogens (primary N) is 1. The lowest BCUT2D eigenvalue weighted by Crippen LogP contribution is -2.35. The summed E-state index contributed by atoms with van der Waals surface area (Å²) >= 11 is 0. The minimum atomic E-state index is 0.640. The Balaban J connectivity index is 2.11. The Hall–Kier alpha value is -1.25. The number of pyridine rings is 1. The molecule has 1 aromatic rings. The summed E-state index contributed by atoms with van der Waals surface area (Å²) in [5, 5.41) is 0. The van der Waals surface area contributed by atoms with Crippen LogP contribution in [0.5, 0.6) is 0 Å². The molecule has 2 rings (SSSR count). The molecule has 94 valence electrons. The van der Waals surface area contributed by atoms with Gasteiger partial charge in [-0.1, -0.05) is 6.92 Å². The van der Waals surface area contributed by atoms with E-state index in [1.165, 1.54) is 31.2 Å². The highest BCUT2D eigenvalue weighted by atomic mass is 15.2. The average molecular weight is 233 g/mol. The van der Waals surface area contributed by atoms with Crippen molar-refractivity contribution < 1.29 is 0 Å². The van der Waals surface area contributed by atoms with Crippen LogP contribution >= 0.6 is 0 Å². The van der Waals surface area contributed by atoms with Crippen LogP contribution in [-0.4, -0.2) is 18.1 Å². The molecule has 1 aliphatic carbocycles. The fourth-order valence-electron chi connectivity index (χ4n) is 2.76. The lowest BCUT2D eigenvalue weighted by atomic mass is 9.86. The lowest BCUT2D eigenvalue weighted by Gasteiger charge is -2.35. The van der Waals surface area contributed by atoms with Gasteiger partial charge in [0.25, 0.3) is 0 Å². The van der Waals surface area contributed by atoms with Crippen molar-refractivity contribution in [3.8, 4) is 0 Å². The number of hydrogen-bond acceptors (Lipinski definition) is 3. The number of nitrogens with zero attached hydrogens (tertiary/aromatic N) is 2. The molecular formula is C14H23N3. The third kappa shape index (κ3) is 2.71. The molecule has 0 saturated heterocycles. The maximum atomic E-state index is 5.74. The van der Waals surface area contributed by atoms with Crippen LogP contribution < -0.4 is 10.6 Å². The smallest absolute Gasteiger partial charge is 0.131 e. The molecular weight excluding hydrogens is 210 g/mol. The van der Waals surface area contributed by atoms with Gasteiger partial charge in [-0.3, -0.25) is 0 Å². The van der Waals surface area contributed by atoms with Gasteiger partial charge in [-0.2, -0.15) is 0 Å². The molecule has 0 spiro atoms. The molecule has 1 saturated carbocycles. The van der Waals surface area contributed by atoms with E-state index in [2.05, 4.69) is 30.8 Å². The van der Waals surface area contributed by atoms with Crippen molar-refractivity contribution in [2.24, 2.45) is 5.92 Å². The van der Waals surface area contributed by atoms with Gasteiger partial charge in [0.05, 0.1) is 11.9 Å². The number of nitrogen functional groups attached to an aromatic ring is 1. The molecule has 0 atom stereocenters. The van der Waals surface area contributed by atoms with Crippen LogP contribution in [0.2, 0.25) is 0 Å². The minimum Gasteiger partial charge on any atom is -0.397 e. The summed E-state index contributed by atoms with van der Waals surface area (Å²) in [6, 6.07) is 2.64. The van der Waals surface area contributed by atoms with Gasteiger partial charge in [0.1, 0.15) is 5.82 Å². The SMILES string of the molecule is Cc1cc(N)cnc1N(C)C1CCC(C)CC1. The van der Waals surface area contributed by atoms with Gasteiger partial charge in [0.15, 0.2) is 0 Å². The van der Waals surface area contributed by atoms with Gasteiger partial charge in [0, 0.05) is 13.1 Å². The largest absolute Gasteiger partial charge is 0.397 e. The summed E-state index contributed by atoms with van der Waals surface area (Å²) in [7, 11) is 2.16. The summed E-state index contributed by atoms with van der Waals surface area (Å²) in [6.45, 7) is 4.43. The number of hydrogen-bond donors (Lipinski definition) is 1. The highest BCUT2D eigenvalue weighted by Gasteiger charge is 2.23. The van der Waals surface area contributed by atoms with Gasteiger partial charge >= 0.3 is 0 Å². The maximum Gasteiger partial charge on any atom is 0.131 e. The van der Waals surface area contributed by atoms with Gasteiger partial charge in [-0.05, 0) is 50.2 Å². The van der Waals surface area contributed by atoms with Gasteiger partial charge in [-0.15, -0.1) is 0 Å². The molecule has 1 aliphatic rings. The number of anilines is 2. The molecule has 0 aliphatic heterocycles. The summed E-state index contributed by atoms with van der Waals surface area (Å²) in [4.78, 5) is 6.81. The van der Waals surface area contributed by atoms with E-state index in [1.54, 1.807) is 6.20 Å². The van der Waals surface area contributed by atoms with E-state index < -0.39 is 0 Å². The molecule has 1 fully saturated rings. The average Bonchev–Trinajstić information content (AvgIpc) is 2.29. The Kier molecular flexibility index (Phi) is 3.55. The maximum absolute atomic E-state index is 5.74. The second-order valence-corrected chi connectivity index (χ2v) is 5.43. The molecule has 17 heavy (non-hydrogen) atoms. The van der Waals surface area contributed by atoms with E-state index in [0.29, 0.717) is 6.04 Å². The first-order valence-electron chi connectivity index (χ1n) is 6.53. The van der Waals surface area contributed by atoms with Crippen molar-refractivity contribution in [3.05, 3.63) is 17.8 Å². The van der Waals surface area contributed by atoms with Crippen molar-refractivity contribution in [2.45, 2.75) is 45.6 Å². The first-order chi connectivity index (χ1) is 8.08. The first kappa shape index (κ1) is 12.2. The molecule has 0 bridgehead atoms. The standard InChI is InChI=1S/C14H23N3/c1-10-4-6-13(7-5-10)17(3)14-11(2)8-12(15)9-16-14/h8-10,13H,4-7,15H2,1-3H3. The Morgan fingerprint density at radius 3 is 2.53 bits per heavy atom. The zero-order chi connectivity index (χ0) is 12.4. The van der Waals surface area contributed by atoms with Crippen LogP contribution in [0.4, 0.5) is 11.5 Å². The highest BCUT2D eigenvalue weighted by Crippen LogP contribution is 2.30. The summed E-state index contributed by atoms with van der Waals surface area (Å²) in [5.41, 5.74) is 7.66. The van der Waals surface area contributed by atoms with Crippen LogP contribution in [0.15, 0.2) is 12.3 Å². The second-order valence-electron chi connectivity index (χ2n) is 5.43. The van der Waals surface area contributed by atoms with Crippen LogP contribution in [0.25, 0.3) is 0 Å². The molecule has 1 heterocycles. The van der Waals surface area contributed by atoms with E-state index in [0.717, 1.165) is 17.4 Å². The lowest BCUT2D eigenvalue weighted by molar-refractivity contribution is 0.340. The van der Waals surface area contributed by atoms with Crippen LogP contribution in [-0.2, 0) is 0 Å². The van der Waals surface area contributed by atoms with Crippen LogP contribution in [0, 0.1) is 12.8 Å². The number of aromatic nitrogens is 1. The van der Waals surface area contributed by atoms with Gasteiger partial charge < -0.3 is 10.6 Å². The zero-order valence-electron chi connectivity index (χ0n) is 11.1. The van der Waals surface area contributed by atoms with Crippen LogP contribution in [0.1, 0.15) is 38.2 Å². The van der Waals surface area contributed by atoms with Crippen molar-refractivity contribution in [1.29, 1.82) is 0 Å². The van der Waals surface area contributed by atoms with Crippen molar-refractivity contribution in [1.82, 2.24) is 4.98 Å². The second kappa shape index (κ2) is 4.94. The molecule has 0 unspecified atom stereocenters. The van der Waals surface area contributed by atoms with E-state index in [1.807, 2.05) is 6.07 Å². The summed E-state index contributed by atoms with van der Waals surface area (Å²) in [5.74, 6) is 1.97. The van der Waals surface area contributed by atoms with E-state index >= 15 is 0 Å². The molecule has 0 aromatic carbocycles.